The molecule has 1 aromatic rings. The number of aliphatic hydroxyl groups excluding tert-OH is 1. The first-order chi connectivity index (χ1) is 9.13. The van der Waals surface area contributed by atoms with Crippen LogP contribution in [0.4, 0.5) is 4.39 Å². The van der Waals surface area contributed by atoms with Crippen molar-refractivity contribution in [1.29, 1.82) is 0 Å². The van der Waals surface area contributed by atoms with Gasteiger partial charge in [0.25, 0.3) is 5.91 Å². The monoisotopic (exact) mass is 267 g/mol. The van der Waals surface area contributed by atoms with Crippen LogP contribution >= 0.6 is 0 Å². The summed E-state index contributed by atoms with van der Waals surface area (Å²) in [5.41, 5.74) is -0.257. The van der Waals surface area contributed by atoms with Crippen molar-refractivity contribution in [1.82, 2.24) is 4.90 Å². The number of amides is 1. The van der Waals surface area contributed by atoms with Crippen LogP contribution < -0.4 is 0 Å². The highest BCUT2D eigenvalue weighted by atomic mass is 19.1. The number of piperidine rings is 1. The molecule has 0 spiro atoms. The molecule has 1 amide bonds. The number of aromatic hydroxyl groups is 1. The smallest absolute Gasteiger partial charge is 0.260 e. The Kier molecular flexibility index (Phi) is 4.37. The van der Waals surface area contributed by atoms with Gasteiger partial charge in [-0.1, -0.05) is 6.07 Å². The Bertz CT molecular complexity index is 442. The molecule has 1 aromatic carbocycles. The van der Waals surface area contributed by atoms with Gasteiger partial charge in [-0.25, -0.2) is 4.39 Å². The second kappa shape index (κ2) is 6.02. The number of nitrogens with zero attached hydrogens (tertiary/aromatic N) is 1. The molecule has 0 aromatic heterocycles. The summed E-state index contributed by atoms with van der Waals surface area (Å²) in [5.74, 6) is -1.25. The van der Waals surface area contributed by atoms with E-state index >= 15 is 0 Å². The number of aliphatic hydroxyl groups is 1. The lowest BCUT2D eigenvalue weighted by Gasteiger charge is -2.32. The van der Waals surface area contributed by atoms with Crippen LogP contribution in [0.25, 0.3) is 0 Å². The Morgan fingerprint density at radius 2 is 2.26 bits per heavy atom. The van der Waals surface area contributed by atoms with Gasteiger partial charge in [0.1, 0.15) is 17.1 Å². The Morgan fingerprint density at radius 1 is 1.47 bits per heavy atom. The zero-order chi connectivity index (χ0) is 13.8. The van der Waals surface area contributed by atoms with Gasteiger partial charge in [0, 0.05) is 19.7 Å². The first-order valence-electron chi connectivity index (χ1n) is 6.51. The second-order valence-electron chi connectivity index (χ2n) is 4.91. The van der Waals surface area contributed by atoms with Gasteiger partial charge in [-0.3, -0.25) is 4.79 Å². The van der Waals surface area contributed by atoms with Gasteiger partial charge < -0.3 is 15.1 Å². The molecule has 1 fully saturated rings. The van der Waals surface area contributed by atoms with E-state index in [1.807, 2.05) is 0 Å². The van der Waals surface area contributed by atoms with E-state index in [2.05, 4.69) is 0 Å². The molecule has 0 saturated carbocycles. The Balaban J connectivity index is 2.15. The standard InChI is InChI=1S/C14H18FNO3/c15-11-4-1-5-12(18)13(11)14(19)16-7-2-3-10(9-16)6-8-17/h1,4-5,10,17-18H,2-3,6-9H2. The Hall–Kier alpha value is -1.62. The van der Waals surface area contributed by atoms with Crippen molar-refractivity contribution >= 4 is 5.91 Å². The van der Waals surface area contributed by atoms with Crippen LogP contribution in [0, 0.1) is 11.7 Å². The molecule has 2 rings (SSSR count). The third kappa shape index (κ3) is 3.04. The van der Waals surface area contributed by atoms with E-state index in [0.717, 1.165) is 12.8 Å². The molecule has 1 aliphatic rings. The number of benzene rings is 1. The fourth-order valence-electron chi connectivity index (χ4n) is 2.55. The third-order valence-corrected chi connectivity index (χ3v) is 3.55. The van der Waals surface area contributed by atoms with Gasteiger partial charge in [0.2, 0.25) is 0 Å². The number of phenolic OH excluding ortho intramolecular Hbond substituents is 1. The summed E-state index contributed by atoms with van der Waals surface area (Å²) >= 11 is 0. The molecule has 104 valence electrons. The van der Waals surface area contributed by atoms with Crippen molar-refractivity contribution in [2.75, 3.05) is 19.7 Å². The highest BCUT2D eigenvalue weighted by Gasteiger charge is 2.27. The van der Waals surface area contributed by atoms with E-state index in [1.54, 1.807) is 4.90 Å². The quantitative estimate of drug-likeness (QED) is 0.877. The maximum absolute atomic E-state index is 13.7. The molecule has 1 saturated heterocycles. The Morgan fingerprint density at radius 3 is 2.95 bits per heavy atom. The second-order valence-corrected chi connectivity index (χ2v) is 4.91. The first-order valence-corrected chi connectivity index (χ1v) is 6.51. The Labute approximate surface area is 111 Å². The van der Waals surface area contributed by atoms with Crippen LogP contribution in [-0.2, 0) is 0 Å². The summed E-state index contributed by atoms with van der Waals surface area (Å²) in [7, 11) is 0. The van der Waals surface area contributed by atoms with E-state index in [0.29, 0.717) is 19.5 Å². The molecule has 19 heavy (non-hydrogen) atoms. The molecule has 1 atom stereocenters. The van der Waals surface area contributed by atoms with Gasteiger partial charge in [-0.05, 0) is 37.3 Å². The number of hydrogen-bond acceptors (Lipinski definition) is 3. The highest BCUT2D eigenvalue weighted by Crippen LogP contribution is 2.25. The summed E-state index contributed by atoms with van der Waals surface area (Å²) in [6.45, 7) is 1.17. The van der Waals surface area contributed by atoms with E-state index in [1.165, 1.54) is 18.2 Å². The van der Waals surface area contributed by atoms with E-state index < -0.39 is 11.7 Å². The SMILES string of the molecule is O=C(c1c(O)cccc1F)N1CCCC(CCO)C1. The van der Waals surface area contributed by atoms with Gasteiger partial charge in [0.15, 0.2) is 0 Å². The number of carbonyl (C=O) groups excluding carboxylic acids is 1. The predicted molar refractivity (Wildman–Crippen MR) is 68.4 cm³/mol. The lowest BCUT2D eigenvalue weighted by Crippen LogP contribution is -2.40. The van der Waals surface area contributed by atoms with Crippen LogP contribution in [0.5, 0.6) is 5.75 Å². The number of carbonyl (C=O) groups is 1. The fourth-order valence-corrected chi connectivity index (χ4v) is 2.55. The normalized spacial score (nSPS) is 19.5. The number of phenols is 1. The molecule has 0 bridgehead atoms. The summed E-state index contributed by atoms with van der Waals surface area (Å²) in [6.07, 6.45) is 2.45. The van der Waals surface area contributed by atoms with E-state index in [-0.39, 0.29) is 23.8 Å². The molecule has 1 unspecified atom stereocenters. The van der Waals surface area contributed by atoms with Gasteiger partial charge in [-0.15, -0.1) is 0 Å². The van der Waals surface area contributed by atoms with E-state index in [4.69, 9.17) is 5.11 Å². The molecule has 0 aliphatic carbocycles. The third-order valence-electron chi connectivity index (χ3n) is 3.55. The topological polar surface area (TPSA) is 60.8 Å². The summed E-state index contributed by atoms with van der Waals surface area (Å²) in [4.78, 5) is 13.8. The first kappa shape index (κ1) is 13.8. The lowest BCUT2D eigenvalue weighted by atomic mass is 9.94. The zero-order valence-electron chi connectivity index (χ0n) is 10.7. The molecule has 4 nitrogen and oxygen atoms in total. The van der Waals surface area contributed by atoms with Crippen molar-refractivity contribution in [2.45, 2.75) is 19.3 Å². The van der Waals surface area contributed by atoms with E-state index in [9.17, 15) is 14.3 Å². The van der Waals surface area contributed by atoms with Crippen molar-refractivity contribution in [3.63, 3.8) is 0 Å². The lowest BCUT2D eigenvalue weighted by molar-refractivity contribution is 0.0645. The largest absolute Gasteiger partial charge is 0.507 e. The average Bonchev–Trinajstić information content (AvgIpc) is 2.39. The van der Waals surface area contributed by atoms with Crippen molar-refractivity contribution in [3.8, 4) is 5.75 Å². The number of rotatable bonds is 3. The van der Waals surface area contributed by atoms with Gasteiger partial charge in [0.05, 0.1) is 0 Å². The van der Waals surface area contributed by atoms with Crippen LogP contribution in [-0.4, -0.2) is 40.7 Å². The van der Waals surface area contributed by atoms with Crippen molar-refractivity contribution in [2.24, 2.45) is 5.92 Å². The number of halogens is 1. The molecule has 1 aliphatic heterocycles. The number of likely N-dealkylation sites (tertiary alicyclic amines) is 1. The van der Waals surface area contributed by atoms with Crippen molar-refractivity contribution < 1.29 is 19.4 Å². The van der Waals surface area contributed by atoms with Crippen LogP contribution in [0.1, 0.15) is 29.6 Å². The molecular weight excluding hydrogens is 249 g/mol. The summed E-state index contributed by atoms with van der Waals surface area (Å²) in [6, 6.07) is 3.85. The van der Waals surface area contributed by atoms with Crippen LogP contribution in [0.2, 0.25) is 0 Å². The molecule has 2 N–H and O–H groups in total. The van der Waals surface area contributed by atoms with Crippen molar-refractivity contribution in [3.05, 3.63) is 29.6 Å². The molecule has 5 heteroatoms. The molecular formula is C14H18FNO3. The van der Waals surface area contributed by atoms with Crippen LogP contribution in [0.15, 0.2) is 18.2 Å². The fraction of sp³-hybridized carbons (Fsp3) is 0.500. The van der Waals surface area contributed by atoms with Gasteiger partial charge >= 0.3 is 0 Å². The van der Waals surface area contributed by atoms with Crippen LogP contribution in [0.3, 0.4) is 0 Å². The van der Waals surface area contributed by atoms with Gasteiger partial charge in [-0.2, -0.15) is 0 Å². The minimum Gasteiger partial charge on any atom is -0.507 e. The predicted octanol–water partition coefficient (Wildman–Crippen LogP) is 1.77. The maximum Gasteiger partial charge on any atom is 0.260 e. The summed E-state index contributed by atoms with van der Waals surface area (Å²) < 4.78 is 13.7. The summed E-state index contributed by atoms with van der Waals surface area (Å²) in [5, 5.41) is 18.6. The minimum atomic E-state index is -0.700. The molecule has 1 heterocycles. The zero-order valence-corrected chi connectivity index (χ0v) is 10.7. The molecule has 0 radical (unpaired) electrons. The maximum atomic E-state index is 13.7. The average molecular weight is 267 g/mol. The highest BCUT2D eigenvalue weighted by molar-refractivity contribution is 5.97. The number of hydrogen-bond donors (Lipinski definition) is 2. The minimum absolute atomic E-state index is 0.0949.